The molecule has 0 bridgehead atoms. The molecule has 6 heteroatoms. The van der Waals surface area contributed by atoms with Crippen molar-refractivity contribution in [3.05, 3.63) is 0 Å². The highest BCUT2D eigenvalue weighted by Crippen LogP contribution is 2.32. The summed E-state index contributed by atoms with van der Waals surface area (Å²) in [6.45, 7) is 0. The van der Waals surface area contributed by atoms with Gasteiger partial charge in [-0.3, -0.25) is 0 Å². The maximum absolute atomic E-state index is 11.7. The van der Waals surface area contributed by atoms with Crippen LogP contribution in [0, 0.1) is 0 Å². The molecule has 0 aromatic carbocycles. The third-order valence-corrected chi connectivity index (χ3v) is 1.85. The SMILES string of the molecule is OC(CCl)(CCl)C(F)(F)F. The maximum Gasteiger partial charge on any atom is 0.419 e. The molecule has 0 spiro atoms. The van der Waals surface area contributed by atoms with Gasteiger partial charge >= 0.3 is 6.18 Å². The molecule has 0 heterocycles. The fraction of sp³-hybridized carbons (Fsp3) is 1.00. The van der Waals surface area contributed by atoms with Crippen molar-refractivity contribution in [3.8, 4) is 0 Å². The number of hydrogen-bond acceptors (Lipinski definition) is 1. The molecule has 1 nitrogen and oxygen atoms in total. The molecular formula is C4H5Cl2F3O. The minimum Gasteiger partial charge on any atom is -0.379 e. The van der Waals surface area contributed by atoms with Gasteiger partial charge in [-0.15, -0.1) is 23.2 Å². The molecule has 0 unspecified atom stereocenters. The second-order valence-corrected chi connectivity index (χ2v) is 2.33. The fourth-order valence-electron chi connectivity index (χ4n) is 0.187. The highest BCUT2D eigenvalue weighted by atomic mass is 35.5. The number of aliphatic hydroxyl groups is 1. The van der Waals surface area contributed by atoms with Gasteiger partial charge in [0, 0.05) is 0 Å². The van der Waals surface area contributed by atoms with E-state index in [1.165, 1.54) is 0 Å². The lowest BCUT2D eigenvalue weighted by molar-refractivity contribution is -0.241. The number of alkyl halides is 5. The Morgan fingerprint density at radius 3 is 1.40 bits per heavy atom. The molecule has 0 aliphatic rings. The largest absolute Gasteiger partial charge is 0.419 e. The lowest BCUT2D eigenvalue weighted by Gasteiger charge is -2.25. The molecular weight excluding hydrogens is 192 g/mol. The molecule has 0 amide bonds. The normalized spacial score (nSPS) is 13.8. The van der Waals surface area contributed by atoms with Gasteiger partial charge in [-0.25, -0.2) is 0 Å². The molecule has 0 rings (SSSR count). The predicted octanol–water partition coefficient (Wildman–Crippen LogP) is 1.76. The highest BCUT2D eigenvalue weighted by molar-refractivity contribution is 6.21. The van der Waals surface area contributed by atoms with E-state index in [1.54, 1.807) is 0 Å². The zero-order valence-corrected chi connectivity index (χ0v) is 6.26. The molecule has 0 aliphatic carbocycles. The van der Waals surface area contributed by atoms with E-state index in [2.05, 4.69) is 0 Å². The van der Waals surface area contributed by atoms with Crippen molar-refractivity contribution in [2.24, 2.45) is 0 Å². The van der Waals surface area contributed by atoms with E-state index in [9.17, 15) is 13.2 Å². The Balaban J connectivity index is 4.33. The van der Waals surface area contributed by atoms with Crippen molar-refractivity contribution in [3.63, 3.8) is 0 Å². The first-order chi connectivity index (χ1) is 4.37. The summed E-state index contributed by atoms with van der Waals surface area (Å²) >= 11 is 9.68. The van der Waals surface area contributed by atoms with Crippen molar-refractivity contribution >= 4 is 23.2 Å². The van der Waals surface area contributed by atoms with Gasteiger partial charge in [-0.2, -0.15) is 13.2 Å². The summed E-state index contributed by atoms with van der Waals surface area (Å²) in [5.74, 6) is -1.89. The van der Waals surface area contributed by atoms with Crippen LogP contribution >= 0.6 is 23.2 Å². The average molecular weight is 197 g/mol. The smallest absolute Gasteiger partial charge is 0.379 e. The first kappa shape index (κ1) is 10.3. The van der Waals surface area contributed by atoms with Crippen LogP contribution in [0.2, 0.25) is 0 Å². The first-order valence-electron chi connectivity index (χ1n) is 2.28. The lowest BCUT2D eigenvalue weighted by atomic mass is 10.1. The summed E-state index contributed by atoms with van der Waals surface area (Å²) in [6, 6.07) is 0. The highest BCUT2D eigenvalue weighted by Gasteiger charge is 2.52. The van der Waals surface area contributed by atoms with E-state index in [-0.39, 0.29) is 0 Å². The zero-order chi connectivity index (χ0) is 8.41. The van der Waals surface area contributed by atoms with Crippen LogP contribution in [0.1, 0.15) is 0 Å². The lowest BCUT2D eigenvalue weighted by Crippen LogP contribution is -2.48. The molecule has 0 fully saturated rings. The molecule has 1 N–H and O–H groups in total. The number of halogens is 5. The van der Waals surface area contributed by atoms with Crippen molar-refractivity contribution < 1.29 is 18.3 Å². The van der Waals surface area contributed by atoms with Crippen LogP contribution in [-0.4, -0.2) is 28.6 Å². The van der Waals surface area contributed by atoms with E-state index in [0.717, 1.165) is 0 Å². The second-order valence-electron chi connectivity index (χ2n) is 1.80. The third kappa shape index (κ3) is 1.90. The summed E-state index contributed by atoms with van der Waals surface area (Å²) in [7, 11) is 0. The molecule has 0 aromatic rings. The van der Waals surface area contributed by atoms with Gasteiger partial charge in [-0.05, 0) is 0 Å². The van der Waals surface area contributed by atoms with Crippen molar-refractivity contribution in [1.82, 2.24) is 0 Å². The van der Waals surface area contributed by atoms with Crippen LogP contribution in [0.15, 0.2) is 0 Å². The topological polar surface area (TPSA) is 20.2 Å². The van der Waals surface area contributed by atoms with Gasteiger partial charge in [0.05, 0.1) is 11.8 Å². The van der Waals surface area contributed by atoms with Crippen LogP contribution in [0.4, 0.5) is 13.2 Å². The maximum atomic E-state index is 11.7. The van der Waals surface area contributed by atoms with Crippen molar-refractivity contribution in [2.45, 2.75) is 11.8 Å². The Morgan fingerprint density at radius 2 is 1.40 bits per heavy atom. The van der Waals surface area contributed by atoms with E-state index < -0.39 is 23.5 Å². The Labute approximate surface area is 65.7 Å². The molecule has 62 valence electrons. The monoisotopic (exact) mass is 196 g/mol. The van der Waals surface area contributed by atoms with E-state index in [4.69, 9.17) is 28.3 Å². The van der Waals surface area contributed by atoms with E-state index in [1.807, 2.05) is 0 Å². The molecule has 0 atom stereocenters. The molecule has 0 saturated carbocycles. The Kier molecular flexibility index (Phi) is 3.26. The zero-order valence-electron chi connectivity index (χ0n) is 4.75. The van der Waals surface area contributed by atoms with Crippen LogP contribution in [0.25, 0.3) is 0 Å². The van der Waals surface area contributed by atoms with Crippen molar-refractivity contribution in [1.29, 1.82) is 0 Å². The van der Waals surface area contributed by atoms with Gasteiger partial charge in [0.2, 0.25) is 0 Å². The van der Waals surface area contributed by atoms with Crippen molar-refractivity contribution in [2.75, 3.05) is 11.8 Å². The summed E-state index contributed by atoms with van der Waals surface area (Å²) in [5, 5.41) is 8.58. The fourth-order valence-corrected chi connectivity index (χ4v) is 0.776. The standard InChI is InChI=1S/C4H5Cl2F3O/c5-1-3(10,2-6)4(7,8)9/h10H,1-2H2. The minimum atomic E-state index is -4.75. The van der Waals surface area contributed by atoms with E-state index in [0.29, 0.717) is 0 Å². The van der Waals surface area contributed by atoms with Gasteiger partial charge < -0.3 is 5.11 Å². The molecule has 0 saturated heterocycles. The van der Waals surface area contributed by atoms with Crippen LogP contribution < -0.4 is 0 Å². The summed E-state index contributed by atoms with van der Waals surface area (Å²) in [5.41, 5.74) is -2.95. The second kappa shape index (κ2) is 3.15. The molecule has 0 radical (unpaired) electrons. The molecule has 0 aromatic heterocycles. The van der Waals surface area contributed by atoms with E-state index >= 15 is 0 Å². The Bertz CT molecular complexity index is 110. The summed E-state index contributed by atoms with van der Waals surface area (Å²) in [6.07, 6.45) is -4.75. The molecule has 10 heavy (non-hydrogen) atoms. The summed E-state index contributed by atoms with van der Waals surface area (Å²) in [4.78, 5) is 0. The average Bonchev–Trinajstić information content (AvgIpc) is 1.84. The Morgan fingerprint density at radius 1 is 1.10 bits per heavy atom. The predicted molar refractivity (Wildman–Crippen MR) is 32.4 cm³/mol. The van der Waals surface area contributed by atoms with Gasteiger partial charge in [0.1, 0.15) is 0 Å². The molecule has 0 aliphatic heterocycles. The van der Waals surface area contributed by atoms with Crippen LogP contribution in [0.3, 0.4) is 0 Å². The third-order valence-electron chi connectivity index (χ3n) is 0.970. The van der Waals surface area contributed by atoms with Gasteiger partial charge in [0.15, 0.2) is 5.60 Å². The Hall–Kier alpha value is 0.330. The quantitative estimate of drug-likeness (QED) is 0.668. The van der Waals surface area contributed by atoms with Crippen LogP contribution in [0.5, 0.6) is 0 Å². The summed E-state index contributed by atoms with van der Waals surface area (Å²) < 4.78 is 35.1. The minimum absolute atomic E-state index is 0.944. The number of rotatable bonds is 2. The van der Waals surface area contributed by atoms with Crippen LogP contribution in [-0.2, 0) is 0 Å². The number of hydrogen-bond donors (Lipinski definition) is 1. The first-order valence-corrected chi connectivity index (χ1v) is 3.35. The van der Waals surface area contributed by atoms with Gasteiger partial charge in [-0.1, -0.05) is 0 Å². The van der Waals surface area contributed by atoms with Gasteiger partial charge in [0.25, 0.3) is 0 Å².